The van der Waals surface area contributed by atoms with Crippen molar-refractivity contribution in [1.29, 1.82) is 0 Å². The molecule has 1 aliphatic heterocycles. The van der Waals surface area contributed by atoms with Crippen molar-refractivity contribution in [3.63, 3.8) is 0 Å². The van der Waals surface area contributed by atoms with Gasteiger partial charge in [-0.3, -0.25) is 4.68 Å². The Bertz CT molecular complexity index is 426. The summed E-state index contributed by atoms with van der Waals surface area (Å²) in [6.45, 7) is 5.21. The molecule has 1 saturated heterocycles. The summed E-state index contributed by atoms with van der Waals surface area (Å²) >= 11 is 11.2. The predicted octanol–water partition coefficient (Wildman–Crippen LogP) is 1.88. The van der Waals surface area contributed by atoms with E-state index in [4.69, 9.17) is 28.6 Å². The molecule has 1 aromatic rings. The molecule has 0 aromatic carbocycles. The lowest BCUT2D eigenvalue weighted by Gasteiger charge is -2.13. The van der Waals surface area contributed by atoms with Crippen LogP contribution in [0.15, 0.2) is 6.20 Å². The zero-order valence-electron chi connectivity index (χ0n) is 11.7. The quantitative estimate of drug-likeness (QED) is 0.620. The maximum absolute atomic E-state index is 5.95. The second-order valence-electron chi connectivity index (χ2n) is 4.95. The van der Waals surface area contributed by atoms with Gasteiger partial charge < -0.3 is 15.4 Å². The molecule has 1 aliphatic rings. The van der Waals surface area contributed by atoms with Crippen LogP contribution < -0.4 is 10.6 Å². The molecule has 1 fully saturated rings. The number of rotatable bonds is 6. The highest BCUT2D eigenvalue weighted by atomic mass is 35.5. The van der Waals surface area contributed by atoms with Gasteiger partial charge in [0.2, 0.25) is 0 Å². The van der Waals surface area contributed by atoms with Gasteiger partial charge >= 0.3 is 0 Å². The first-order valence-electron chi connectivity index (χ1n) is 6.98. The number of aryl methyl sites for hydroxylation is 2. The molecule has 2 heterocycles. The van der Waals surface area contributed by atoms with Crippen LogP contribution >= 0.6 is 23.8 Å². The molecule has 0 saturated carbocycles. The molecule has 0 spiro atoms. The highest BCUT2D eigenvalue weighted by molar-refractivity contribution is 7.80. The predicted molar refractivity (Wildman–Crippen MR) is 84.2 cm³/mol. The topological polar surface area (TPSA) is 51.1 Å². The van der Waals surface area contributed by atoms with E-state index in [1.54, 1.807) is 0 Å². The number of aromatic nitrogens is 2. The Labute approximate surface area is 130 Å². The Morgan fingerprint density at radius 1 is 1.60 bits per heavy atom. The minimum atomic E-state index is 0.309. The molecule has 2 rings (SSSR count). The van der Waals surface area contributed by atoms with E-state index in [0.717, 1.165) is 51.2 Å². The van der Waals surface area contributed by atoms with Crippen LogP contribution in [0.3, 0.4) is 0 Å². The van der Waals surface area contributed by atoms with E-state index in [0.29, 0.717) is 16.2 Å². The van der Waals surface area contributed by atoms with Crippen molar-refractivity contribution in [3.8, 4) is 0 Å². The fourth-order valence-electron chi connectivity index (χ4n) is 2.13. The van der Waals surface area contributed by atoms with Crippen molar-refractivity contribution in [2.45, 2.75) is 38.8 Å². The van der Waals surface area contributed by atoms with Crippen LogP contribution in [0.4, 0.5) is 0 Å². The Morgan fingerprint density at radius 3 is 3.10 bits per heavy atom. The van der Waals surface area contributed by atoms with Gasteiger partial charge in [-0.1, -0.05) is 11.6 Å². The molecule has 0 amide bonds. The second-order valence-corrected chi connectivity index (χ2v) is 5.77. The molecule has 0 radical (unpaired) electrons. The van der Waals surface area contributed by atoms with Crippen molar-refractivity contribution in [3.05, 3.63) is 16.9 Å². The molecule has 2 N–H and O–H groups in total. The summed E-state index contributed by atoms with van der Waals surface area (Å²) in [5, 5.41) is 12.1. The molecule has 0 aliphatic carbocycles. The van der Waals surface area contributed by atoms with Crippen LogP contribution in [-0.4, -0.2) is 40.7 Å². The minimum Gasteiger partial charge on any atom is -0.376 e. The smallest absolute Gasteiger partial charge is 0.166 e. The van der Waals surface area contributed by atoms with Gasteiger partial charge in [-0.2, -0.15) is 5.10 Å². The van der Waals surface area contributed by atoms with Crippen molar-refractivity contribution in [2.24, 2.45) is 0 Å². The van der Waals surface area contributed by atoms with Crippen molar-refractivity contribution in [2.75, 3.05) is 19.7 Å². The van der Waals surface area contributed by atoms with Gasteiger partial charge in [0.1, 0.15) is 0 Å². The summed E-state index contributed by atoms with van der Waals surface area (Å²) in [4.78, 5) is 0. The van der Waals surface area contributed by atoms with Crippen LogP contribution in [0.1, 0.15) is 25.0 Å². The summed E-state index contributed by atoms with van der Waals surface area (Å²) in [5.74, 6) is 0. The average molecular weight is 317 g/mol. The Hall–Kier alpha value is -0.850. The third-order valence-corrected chi connectivity index (χ3v) is 3.91. The van der Waals surface area contributed by atoms with E-state index in [1.165, 1.54) is 0 Å². The lowest BCUT2D eigenvalue weighted by atomic mass is 10.2. The van der Waals surface area contributed by atoms with Crippen LogP contribution in [0.25, 0.3) is 0 Å². The van der Waals surface area contributed by atoms with E-state index in [1.807, 2.05) is 17.8 Å². The Morgan fingerprint density at radius 2 is 2.45 bits per heavy atom. The van der Waals surface area contributed by atoms with Gasteiger partial charge in [-0.25, -0.2) is 0 Å². The van der Waals surface area contributed by atoms with Gasteiger partial charge in [0.05, 0.1) is 16.8 Å². The van der Waals surface area contributed by atoms with Gasteiger partial charge in [0.15, 0.2) is 5.11 Å². The molecule has 0 bridgehead atoms. The maximum atomic E-state index is 5.95. The summed E-state index contributed by atoms with van der Waals surface area (Å²) in [6, 6.07) is 0. The molecule has 1 atom stereocenters. The van der Waals surface area contributed by atoms with E-state index in [2.05, 4.69) is 15.7 Å². The van der Waals surface area contributed by atoms with Gasteiger partial charge in [-0.05, 0) is 38.4 Å². The van der Waals surface area contributed by atoms with E-state index in [9.17, 15) is 0 Å². The number of hydrogen-bond donors (Lipinski definition) is 2. The lowest BCUT2D eigenvalue weighted by molar-refractivity contribution is 0.114. The summed E-state index contributed by atoms with van der Waals surface area (Å²) < 4.78 is 7.39. The van der Waals surface area contributed by atoms with Crippen LogP contribution in [-0.2, 0) is 11.3 Å². The SMILES string of the molecule is Cc1nn(CCCNC(=S)NC[C@H]2CCCO2)cc1Cl. The molecular formula is C13H21ClN4OS. The third kappa shape index (κ3) is 4.92. The zero-order valence-corrected chi connectivity index (χ0v) is 13.3. The molecule has 5 nitrogen and oxygen atoms in total. The van der Waals surface area contributed by atoms with E-state index in [-0.39, 0.29) is 0 Å². The highest BCUT2D eigenvalue weighted by Crippen LogP contribution is 2.12. The molecular weight excluding hydrogens is 296 g/mol. The number of nitrogens with zero attached hydrogens (tertiary/aromatic N) is 2. The average Bonchev–Trinajstić information content (AvgIpc) is 3.03. The lowest BCUT2D eigenvalue weighted by Crippen LogP contribution is -2.39. The summed E-state index contributed by atoms with van der Waals surface area (Å²) in [5.41, 5.74) is 0.869. The van der Waals surface area contributed by atoms with Gasteiger partial charge in [0.25, 0.3) is 0 Å². The number of thiocarbonyl (C=S) groups is 1. The van der Waals surface area contributed by atoms with Crippen molar-refractivity contribution in [1.82, 2.24) is 20.4 Å². The first-order valence-corrected chi connectivity index (χ1v) is 7.76. The maximum Gasteiger partial charge on any atom is 0.166 e. The van der Waals surface area contributed by atoms with Gasteiger partial charge in [0, 0.05) is 32.4 Å². The highest BCUT2D eigenvalue weighted by Gasteiger charge is 2.14. The largest absolute Gasteiger partial charge is 0.376 e. The van der Waals surface area contributed by atoms with Crippen LogP contribution in [0.5, 0.6) is 0 Å². The molecule has 112 valence electrons. The number of ether oxygens (including phenoxy) is 1. The van der Waals surface area contributed by atoms with E-state index >= 15 is 0 Å². The van der Waals surface area contributed by atoms with Crippen molar-refractivity contribution >= 4 is 28.9 Å². The first kappa shape index (κ1) is 15.5. The van der Waals surface area contributed by atoms with Crippen molar-refractivity contribution < 1.29 is 4.74 Å². The number of hydrogen-bond acceptors (Lipinski definition) is 3. The Kier molecular flexibility index (Phi) is 6.06. The van der Waals surface area contributed by atoms with E-state index < -0.39 is 0 Å². The molecule has 7 heteroatoms. The normalized spacial score (nSPS) is 18.2. The standard InChI is InChI=1S/C13H21ClN4OS/c1-10-12(14)9-18(17-10)6-3-5-15-13(20)16-8-11-4-2-7-19-11/h9,11H,2-8H2,1H3,(H2,15,16,20)/t11-/m1/s1. The zero-order chi connectivity index (χ0) is 14.4. The Balaban J connectivity index is 1.54. The first-order chi connectivity index (χ1) is 9.65. The number of nitrogens with one attached hydrogen (secondary N) is 2. The summed E-state index contributed by atoms with van der Waals surface area (Å²) in [6.07, 6.45) is 5.38. The minimum absolute atomic E-state index is 0.309. The summed E-state index contributed by atoms with van der Waals surface area (Å²) in [7, 11) is 0. The molecule has 1 aromatic heterocycles. The third-order valence-electron chi connectivity index (χ3n) is 3.25. The van der Waals surface area contributed by atoms with Gasteiger partial charge in [-0.15, -0.1) is 0 Å². The fraction of sp³-hybridized carbons (Fsp3) is 0.692. The fourth-order valence-corrected chi connectivity index (χ4v) is 2.46. The van der Waals surface area contributed by atoms with Crippen LogP contribution in [0, 0.1) is 6.92 Å². The number of halogens is 1. The van der Waals surface area contributed by atoms with Crippen LogP contribution in [0.2, 0.25) is 5.02 Å². The second kappa shape index (κ2) is 7.81. The molecule has 20 heavy (non-hydrogen) atoms. The monoisotopic (exact) mass is 316 g/mol. The molecule has 0 unspecified atom stereocenters.